The molecule has 0 radical (unpaired) electrons. The zero-order chi connectivity index (χ0) is 18.6. The summed E-state index contributed by atoms with van der Waals surface area (Å²) in [6.07, 6.45) is 6.00. The molecule has 0 aliphatic rings. The normalized spacial score (nSPS) is 12.0. The fourth-order valence-electron chi connectivity index (χ4n) is 3.25. The number of para-hydroxylation sites is 1. The molecule has 134 valence electrons. The smallest absolute Gasteiger partial charge is 0.240 e. The van der Waals surface area contributed by atoms with Gasteiger partial charge in [0.25, 0.3) is 0 Å². The maximum absolute atomic E-state index is 12.0. The Morgan fingerprint density at radius 2 is 1.70 bits per heavy atom. The first kappa shape index (κ1) is 16.8. The molecule has 0 spiro atoms. The highest BCUT2D eigenvalue weighted by Crippen LogP contribution is 2.23. The molecule has 5 heteroatoms. The molecule has 27 heavy (non-hydrogen) atoms. The second-order valence-corrected chi connectivity index (χ2v) is 6.48. The van der Waals surface area contributed by atoms with Crippen LogP contribution >= 0.6 is 0 Å². The van der Waals surface area contributed by atoms with Crippen molar-refractivity contribution in [3.8, 4) is 11.1 Å². The third-order valence-electron chi connectivity index (χ3n) is 4.68. The molecule has 4 rings (SSSR count). The number of nitrogens with two attached hydrogens (primary N) is 1. The van der Waals surface area contributed by atoms with Gasteiger partial charge in [0, 0.05) is 41.6 Å². The number of H-pyrrole nitrogens is 1. The van der Waals surface area contributed by atoms with Gasteiger partial charge in [-0.1, -0.05) is 30.3 Å². The molecule has 2 aromatic carbocycles. The average Bonchev–Trinajstić information content (AvgIpc) is 3.12. The number of carbonyl (C=O) groups is 1. The van der Waals surface area contributed by atoms with Crippen LogP contribution in [0.25, 0.3) is 22.0 Å². The highest BCUT2D eigenvalue weighted by atomic mass is 16.1. The van der Waals surface area contributed by atoms with E-state index < -0.39 is 6.04 Å². The van der Waals surface area contributed by atoms with Gasteiger partial charge in [-0.2, -0.15) is 0 Å². The topological polar surface area (TPSA) is 83.8 Å². The van der Waals surface area contributed by atoms with E-state index in [9.17, 15) is 4.79 Å². The molecule has 0 bridgehead atoms. The first-order chi connectivity index (χ1) is 13.2. The van der Waals surface area contributed by atoms with Crippen LogP contribution in [-0.2, 0) is 11.2 Å². The number of pyridine rings is 1. The molecule has 5 nitrogen and oxygen atoms in total. The van der Waals surface area contributed by atoms with Crippen LogP contribution in [0, 0.1) is 0 Å². The number of fused-ring (bicyclic) bond motifs is 1. The van der Waals surface area contributed by atoms with Crippen molar-refractivity contribution in [3.63, 3.8) is 0 Å². The molecule has 1 amide bonds. The summed E-state index contributed by atoms with van der Waals surface area (Å²) < 4.78 is 0. The minimum atomic E-state index is -0.490. The predicted molar refractivity (Wildman–Crippen MR) is 108 cm³/mol. The average molecular weight is 356 g/mol. The summed E-state index contributed by atoms with van der Waals surface area (Å²) >= 11 is 0. The summed E-state index contributed by atoms with van der Waals surface area (Å²) in [7, 11) is 0. The van der Waals surface area contributed by atoms with Crippen molar-refractivity contribution >= 4 is 22.5 Å². The third-order valence-corrected chi connectivity index (χ3v) is 4.68. The number of primary amides is 1. The highest BCUT2D eigenvalue weighted by molar-refractivity contribution is 5.87. The molecule has 1 unspecified atom stereocenters. The number of nitrogens with one attached hydrogen (secondary N) is 2. The highest BCUT2D eigenvalue weighted by Gasteiger charge is 2.18. The van der Waals surface area contributed by atoms with Crippen LogP contribution in [0.3, 0.4) is 0 Å². The Balaban J connectivity index is 1.52. The van der Waals surface area contributed by atoms with Gasteiger partial charge in [-0.25, -0.2) is 0 Å². The Bertz CT molecular complexity index is 1050. The molecule has 2 aromatic heterocycles. The van der Waals surface area contributed by atoms with E-state index in [4.69, 9.17) is 5.73 Å². The minimum absolute atomic E-state index is 0.376. The minimum Gasteiger partial charge on any atom is -0.373 e. The third kappa shape index (κ3) is 3.67. The Kier molecular flexibility index (Phi) is 4.58. The fourth-order valence-corrected chi connectivity index (χ4v) is 3.25. The Morgan fingerprint density at radius 3 is 2.44 bits per heavy atom. The first-order valence-electron chi connectivity index (χ1n) is 8.82. The van der Waals surface area contributed by atoms with Crippen LogP contribution in [0.2, 0.25) is 0 Å². The Hall–Kier alpha value is -3.60. The van der Waals surface area contributed by atoms with Gasteiger partial charge in [0.2, 0.25) is 5.91 Å². The van der Waals surface area contributed by atoms with Crippen LogP contribution in [0.4, 0.5) is 5.69 Å². The van der Waals surface area contributed by atoms with Crippen molar-refractivity contribution in [1.29, 1.82) is 0 Å². The summed E-state index contributed by atoms with van der Waals surface area (Å²) in [5.41, 5.74) is 10.8. The number of aromatic amines is 1. The van der Waals surface area contributed by atoms with Crippen LogP contribution in [-0.4, -0.2) is 21.9 Å². The summed E-state index contributed by atoms with van der Waals surface area (Å²) in [6.45, 7) is 0. The number of hydrogen-bond acceptors (Lipinski definition) is 3. The van der Waals surface area contributed by atoms with E-state index in [1.807, 2.05) is 66.9 Å². The van der Waals surface area contributed by atoms with Gasteiger partial charge in [-0.15, -0.1) is 0 Å². The lowest BCUT2D eigenvalue weighted by molar-refractivity contribution is -0.118. The monoisotopic (exact) mass is 356 g/mol. The van der Waals surface area contributed by atoms with E-state index >= 15 is 0 Å². The number of benzene rings is 2. The lowest BCUT2D eigenvalue weighted by Gasteiger charge is -2.17. The van der Waals surface area contributed by atoms with Gasteiger partial charge in [0.15, 0.2) is 0 Å². The summed E-state index contributed by atoms with van der Waals surface area (Å²) in [5.74, 6) is -0.376. The molecular weight excluding hydrogens is 336 g/mol. The standard InChI is InChI=1S/C22H20N4O/c23-22(27)21(13-17-14-25-20-4-2-1-3-19(17)20)26-18-7-5-15(6-8-18)16-9-11-24-12-10-16/h1-12,14,21,25-26H,13H2,(H2,23,27). The van der Waals surface area contributed by atoms with Crippen molar-refractivity contribution in [2.24, 2.45) is 5.73 Å². The van der Waals surface area contributed by atoms with Crippen LogP contribution < -0.4 is 11.1 Å². The quantitative estimate of drug-likeness (QED) is 0.492. The number of nitrogens with zero attached hydrogens (tertiary/aromatic N) is 1. The second kappa shape index (κ2) is 7.33. The molecule has 4 aromatic rings. The van der Waals surface area contributed by atoms with E-state index in [0.29, 0.717) is 6.42 Å². The van der Waals surface area contributed by atoms with Gasteiger partial charge < -0.3 is 16.0 Å². The Morgan fingerprint density at radius 1 is 1.00 bits per heavy atom. The number of carbonyl (C=O) groups excluding carboxylic acids is 1. The van der Waals surface area contributed by atoms with Crippen molar-refractivity contribution in [2.45, 2.75) is 12.5 Å². The summed E-state index contributed by atoms with van der Waals surface area (Å²) in [4.78, 5) is 19.3. The molecular formula is C22H20N4O. The number of rotatable bonds is 6. The van der Waals surface area contributed by atoms with Crippen molar-refractivity contribution in [3.05, 3.63) is 84.8 Å². The largest absolute Gasteiger partial charge is 0.373 e. The van der Waals surface area contributed by atoms with Crippen molar-refractivity contribution in [1.82, 2.24) is 9.97 Å². The van der Waals surface area contributed by atoms with E-state index in [1.165, 1.54) is 0 Å². The van der Waals surface area contributed by atoms with Gasteiger partial charge in [0.05, 0.1) is 0 Å². The second-order valence-electron chi connectivity index (χ2n) is 6.48. The van der Waals surface area contributed by atoms with E-state index in [0.717, 1.165) is 33.3 Å². The summed E-state index contributed by atoms with van der Waals surface area (Å²) in [5, 5.41) is 4.37. The zero-order valence-corrected chi connectivity index (χ0v) is 14.7. The lowest BCUT2D eigenvalue weighted by atomic mass is 10.0. The van der Waals surface area contributed by atoms with Crippen LogP contribution in [0.1, 0.15) is 5.56 Å². The van der Waals surface area contributed by atoms with Gasteiger partial charge in [-0.05, 0) is 47.0 Å². The number of anilines is 1. The molecule has 2 heterocycles. The number of amides is 1. The van der Waals surface area contributed by atoms with Gasteiger partial charge in [0.1, 0.15) is 6.04 Å². The molecule has 0 fully saturated rings. The maximum Gasteiger partial charge on any atom is 0.240 e. The van der Waals surface area contributed by atoms with Crippen molar-refractivity contribution in [2.75, 3.05) is 5.32 Å². The van der Waals surface area contributed by atoms with E-state index in [2.05, 4.69) is 15.3 Å². The zero-order valence-electron chi connectivity index (χ0n) is 14.7. The summed E-state index contributed by atoms with van der Waals surface area (Å²) in [6, 6.07) is 19.4. The number of aromatic nitrogens is 2. The Labute approximate surface area is 157 Å². The fraction of sp³-hybridized carbons (Fsp3) is 0.0909. The predicted octanol–water partition coefficient (Wildman–Crippen LogP) is 3.74. The maximum atomic E-state index is 12.0. The van der Waals surface area contributed by atoms with Gasteiger partial charge >= 0.3 is 0 Å². The lowest BCUT2D eigenvalue weighted by Crippen LogP contribution is -2.37. The van der Waals surface area contributed by atoms with Gasteiger partial charge in [-0.3, -0.25) is 9.78 Å². The SMILES string of the molecule is NC(=O)C(Cc1c[nH]c2ccccc12)Nc1ccc(-c2ccncc2)cc1. The van der Waals surface area contributed by atoms with Crippen LogP contribution in [0.15, 0.2) is 79.3 Å². The molecule has 0 aliphatic heterocycles. The molecule has 0 saturated carbocycles. The first-order valence-corrected chi connectivity index (χ1v) is 8.82. The van der Waals surface area contributed by atoms with Crippen LogP contribution in [0.5, 0.6) is 0 Å². The van der Waals surface area contributed by atoms with E-state index in [-0.39, 0.29) is 5.91 Å². The molecule has 0 saturated heterocycles. The molecule has 4 N–H and O–H groups in total. The molecule has 1 atom stereocenters. The number of hydrogen-bond donors (Lipinski definition) is 3. The molecule has 0 aliphatic carbocycles. The van der Waals surface area contributed by atoms with E-state index in [1.54, 1.807) is 12.4 Å². The van der Waals surface area contributed by atoms with Crippen molar-refractivity contribution < 1.29 is 4.79 Å².